The lowest BCUT2D eigenvalue weighted by Gasteiger charge is -2.31. The van der Waals surface area contributed by atoms with Crippen LogP contribution in [0.4, 0.5) is 11.4 Å². The van der Waals surface area contributed by atoms with Gasteiger partial charge in [-0.2, -0.15) is 0 Å². The molecule has 2 saturated heterocycles. The third-order valence-corrected chi connectivity index (χ3v) is 8.56. The zero-order valence-corrected chi connectivity index (χ0v) is 23.6. The maximum Gasteiger partial charge on any atom is 0.271 e. The number of ether oxygens (including phenoxy) is 2. The van der Waals surface area contributed by atoms with Gasteiger partial charge in [0.15, 0.2) is 0 Å². The molecule has 0 unspecified atom stereocenters. The van der Waals surface area contributed by atoms with Crippen LogP contribution in [0.2, 0.25) is 0 Å². The van der Waals surface area contributed by atoms with Gasteiger partial charge in [0.2, 0.25) is 11.8 Å². The number of benzene rings is 2. The first-order chi connectivity index (χ1) is 20.9. The number of anilines is 1. The highest BCUT2D eigenvalue weighted by molar-refractivity contribution is 6.22. The Morgan fingerprint density at radius 1 is 1.12 bits per heavy atom. The van der Waals surface area contributed by atoms with Crippen LogP contribution in [0.25, 0.3) is 11.6 Å². The minimum absolute atomic E-state index is 0.175. The number of imide groups is 1. The SMILES string of the molecule is COCC1=C2[C@@H](CC/C(=C/c3ccccc3O)c3ccccn3)OC[C@@H]2[C@@H]2C(=O)N(c3cccc([N+](=O)[O-])c3)C(=O)[C@@H]2C1. The molecule has 0 bridgehead atoms. The number of fused-ring (bicyclic) bond motifs is 3. The Hall–Kier alpha value is -4.67. The van der Waals surface area contributed by atoms with Gasteiger partial charge in [0.25, 0.3) is 5.69 Å². The number of rotatable bonds is 9. The third kappa shape index (κ3) is 5.35. The minimum atomic E-state index is -0.612. The summed E-state index contributed by atoms with van der Waals surface area (Å²) in [7, 11) is 1.60. The fraction of sp³-hybridized carbons (Fsp3) is 0.303. The molecule has 2 fully saturated rings. The van der Waals surface area contributed by atoms with E-state index in [2.05, 4.69) is 4.98 Å². The number of carbonyl (C=O) groups excluding carboxylic acids is 2. The summed E-state index contributed by atoms with van der Waals surface area (Å²) in [5.74, 6) is -2.02. The average Bonchev–Trinajstić information content (AvgIpc) is 3.55. The summed E-state index contributed by atoms with van der Waals surface area (Å²) >= 11 is 0. The number of nitrogens with zero attached hydrogens (tertiary/aromatic N) is 3. The van der Waals surface area contributed by atoms with Crippen molar-refractivity contribution in [2.75, 3.05) is 25.2 Å². The molecular formula is C33H31N3O7. The summed E-state index contributed by atoms with van der Waals surface area (Å²) in [6.07, 6.45) is 4.92. The maximum absolute atomic E-state index is 13.8. The van der Waals surface area contributed by atoms with Gasteiger partial charge in [-0.15, -0.1) is 0 Å². The number of hydrogen-bond acceptors (Lipinski definition) is 8. The van der Waals surface area contributed by atoms with Crippen molar-refractivity contribution >= 4 is 34.8 Å². The van der Waals surface area contributed by atoms with Crippen molar-refractivity contribution in [2.45, 2.75) is 25.4 Å². The molecular weight excluding hydrogens is 550 g/mol. The van der Waals surface area contributed by atoms with Gasteiger partial charge in [0.1, 0.15) is 5.75 Å². The molecule has 0 radical (unpaired) electrons. The number of methoxy groups -OCH3 is 1. The highest BCUT2D eigenvalue weighted by Crippen LogP contribution is 2.51. The number of nitro benzene ring substituents is 1. The second-order valence-electron chi connectivity index (χ2n) is 11.0. The summed E-state index contributed by atoms with van der Waals surface area (Å²) in [4.78, 5) is 43.9. The number of phenols is 1. The van der Waals surface area contributed by atoms with Crippen molar-refractivity contribution in [1.29, 1.82) is 0 Å². The molecule has 3 heterocycles. The minimum Gasteiger partial charge on any atom is -0.507 e. The zero-order valence-electron chi connectivity index (χ0n) is 23.6. The van der Waals surface area contributed by atoms with Gasteiger partial charge < -0.3 is 14.6 Å². The Morgan fingerprint density at radius 2 is 1.93 bits per heavy atom. The van der Waals surface area contributed by atoms with Crippen LogP contribution < -0.4 is 4.90 Å². The van der Waals surface area contributed by atoms with E-state index in [0.717, 1.165) is 27.3 Å². The Kier molecular flexibility index (Phi) is 7.88. The molecule has 1 aromatic heterocycles. The number of nitro groups is 1. The number of carbonyl (C=O) groups is 2. The van der Waals surface area contributed by atoms with Gasteiger partial charge in [0.05, 0.1) is 47.5 Å². The number of amides is 2. The summed E-state index contributed by atoms with van der Waals surface area (Å²) in [6.45, 7) is 0.603. The first-order valence-electron chi connectivity index (χ1n) is 14.2. The smallest absolute Gasteiger partial charge is 0.271 e. The predicted molar refractivity (Wildman–Crippen MR) is 159 cm³/mol. The number of non-ortho nitro benzene ring substituents is 1. The Balaban J connectivity index is 1.29. The quantitative estimate of drug-likeness (QED) is 0.158. The molecule has 10 nitrogen and oxygen atoms in total. The summed E-state index contributed by atoms with van der Waals surface area (Å²) < 4.78 is 11.9. The van der Waals surface area contributed by atoms with E-state index >= 15 is 0 Å². The number of phenolic OH excluding ortho intramolecular Hbond substituents is 1. The summed E-state index contributed by atoms with van der Waals surface area (Å²) in [5.41, 5.74) is 4.40. The van der Waals surface area contributed by atoms with E-state index in [1.165, 1.54) is 18.2 Å². The van der Waals surface area contributed by atoms with E-state index in [4.69, 9.17) is 9.47 Å². The lowest BCUT2D eigenvalue weighted by atomic mass is 9.69. The van der Waals surface area contributed by atoms with Crippen molar-refractivity contribution in [2.24, 2.45) is 17.8 Å². The zero-order chi connectivity index (χ0) is 30.1. The van der Waals surface area contributed by atoms with Crippen LogP contribution in [0.3, 0.4) is 0 Å². The van der Waals surface area contributed by atoms with E-state index in [0.29, 0.717) is 31.4 Å². The van der Waals surface area contributed by atoms with E-state index in [1.807, 2.05) is 36.4 Å². The molecule has 2 aromatic carbocycles. The largest absolute Gasteiger partial charge is 0.507 e. The van der Waals surface area contributed by atoms with E-state index in [1.54, 1.807) is 31.5 Å². The molecule has 0 saturated carbocycles. The molecule has 1 N–H and O–H groups in total. The van der Waals surface area contributed by atoms with Crippen LogP contribution in [0, 0.1) is 27.9 Å². The molecule has 4 atom stereocenters. The first kappa shape index (κ1) is 28.4. The monoisotopic (exact) mass is 581 g/mol. The molecule has 0 spiro atoms. The third-order valence-electron chi connectivity index (χ3n) is 8.56. The number of pyridine rings is 1. The highest BCUT2D eigenvalue weighted by atomic mass is 16.6. The highest BCUT2D eigenvalue weighted by Gasteiger charge is 2.57. The van der Waals surface area contributed by atoms with E-state index < -0.39 is 16.8 Å². The van der Waals surface area contributed by atoms with Gasteiger partial charge in [-0.1, -0.05) is 30.3 Å². The lowest BCUT2D eigenvalue weighted by molar-refractivity contribution is -0.384. The molecule has 2 amide bonds. The molecule has 6 rings (SSSR count). The standard InChI is InChI=1S/C33H31N3O7/c1-42-18-22-16-25-31(33(39)35(32(25)38)23-8-6-9-24(17-23)36(40)41)26-19-43-29(30(22)26)13-12-20(27-10-4-5-14-34-27)15-21-7-2-3-11-28(21)37/h2-11,14-15,17,25-26,29,31,37H,12-13,16,18-19H2,1H3/b20-15-/t25-,26+,29-,31-/m1/s1. The van der Waals surface area contributed by atoms with Crippen molar-refractivity contribution in [3.05, 3.63) is 105 Å². The second-order valence-corrected chi connectivity index (χ2v) is 11.0. The van der Waals surface area contributed by atoms with Crippen molar-refractivity contribution in [3.63, 3.8) is 0 Å². The second kappa shape index (κ2) is 11.9. The van der Waals surface area contributed by atoms with Gasteiger partial charge in [-0.3, -0.25) is 24.7 Å². The molecule has 3 aromatic rings. The number of allylic oxidation sites excluding steroid dienone is 1. The Morgan fingerprint density at radius 3 is 2.67 bits per heavy atom. The summed E-state index contributed by atoms with van der Waals surface area (Å²) in [5, 5.41) is 21.8. The van der Waals surface area contributed by atoms with Crippen molar-refractivity contribution in [1.82, 2.24) is 4.98 Å². The van der Waals surface area contributed by atoms with Crippen LogP contribution in [-0.4, -0.2) is 53.3 Å². The van der Waals surface area contributed by atoms with Gasteiger partial charge in [0, 0.05) is 36.9 Å². The maximum atomic E-state index is 13.8. The normalized spacial score (nSPS) is 23.5. The topological polar surface area (TPSA) is 132 Å². The van der Waals surface area contributed by atoms with Gasteiger partial charge >= 0.3 is 0 Å². The summed E-state index contributed by atoms with van der Waals surface area (Å²) in [6, 6.07) is 18.4. The molecule has 220 valence electrons. The van der Waals surface area contributed by atoms with Crippen LogP contribution in [0.1, 0.15) is 30.5 Å². The number of para-hydroxylation sites is 1. The first-order valence-corrected chi connectivity index (χ1v) is 14.2. The lowest BCUT2D eigenvalue weighted by Crippen LogP contribution is -2.35. The van der Waals surface area contributed by atoms with Gasteiger partial charge in [-0.05, 0) is 66.3 Å². The molecule has 10 heteroatoms. The van der Waals surface area contributed by atoms with Gasteiger partial charge in [-0.25, -0.2) is 4.90 Å². The Bertz CT molecular complexity index is 1630. The number of aromatic nitrogens is 1. The van der Waals surface area contributed by atoms with E-state index in [9.17, 15) is 24.8 Å². The fourth-order valence-electron chi connectivity index (χ4n) is 6.69. The molecule has 43 heavy (non-hydrogen) atoms. The number of hydrogen-bond donors (Lipinski definition) is 1. The molecule has 2 aliphatic heterocycles. The fourth-order valence-corrected chi connectivity index (χ4v) is 6.69. The van der Waals surface area contributed by atoms with Crippen LogP contribution in [-0.2, 0) is 19.1 Å². The number of aromatic hydroxyl groups is 1. The molecule has 3 aliphatic rings. The van der Waals surface area contributed by atoms with Crippen molar-refractivity contribution in [3.8, 4) is 5.75 Å². The molecule has 1 aliphatic carbocycles. The predicted octanol–water partition coefficient (Wildman–Crippen LogP) is 5.18. The van der Waals surface area contributed by atoms with Crippen molar-refractivity contribution < 1.29 is 29.1 Å². The van der Waals surface area contributed by atoms with Crippen LogP contribution >= 0.6 is 0 Å². The Labute approximate surface area is 248 Å². The van der Waals surface area contributed by atoms with Crippen LogP contribution in [0.5, 0.6) is 5.75 Å². The van der Waals surface area contributed by atoms with Crippen LogP contribution in [0.15, 0.2) is 84.1 Å². The van der Waals surface area contributed by atoms with E-state index in [-0.39, 0.29) is 47.6 Å². The average molecular weight is 582 g/mol.